The summed E-state index contributed by atoms with van der Waals surface area (Å²) < 4.78 is 2.23. The first-order valence-corrected chi connectivity index (χ1v) is 18.9. The molecule has 5 N–H and O–H groups in total. The summed E-state index contributed by atoms with van der Waals surface area (Å²) in [6.45, 7) is 17.1. The van der Waals surface area contributed by atoms with Gasteiger partial charge >= 0.3 is 0 Å². The van der Waals surface area contributed by atoms with E-state index in [4.69, 9.17) is 5.73 Å². The van der Waals surface area contributed by atoms with Crippen molar-refractivity contribution in [1.82, 2.24) is 30.2 Å². The second-order valence-electron chi connectivity index (χ2n) is 16.3. The zero-order chi connectivity index (χ0) is 35.3. The number of nitrogens with one attached hydrogen (secondary N) is 3. The molecule has 1 amide bonds. The van der Waals surface area contributed by atoms with Crippen LogP contribution in [0.4, 0.5) is 0 Å². The number of pyridine rings is 1. The number of aromatic nitrogens is 2. The molecule has 4 bridgehead atoms. The van der Waals surface area contributed by atoms with E-state index in [-0.39, 0.29) is 24.1 Å². The standard InChI is InChI=1S/C41H57N7O2/c1-25(2)48-24-28(5)38-34(39(49)43-23-35-27(4)15-29(6)45-40(35)50)19-32(20-36(38)48)26(3)7-8-37(42)46-11-13-47(14-12-46)44-10-9-41-21-30-16-31(22-41)18-33(41)17-30/h7-8,15,19-20,24-25,30-31,33,44H,9-14,16-18,21-23,42H2,1-6H3,(H,43,49)(H,45,50)/b26-7+,37-8+. The van der Waals surface area contributed by atoms with Crippen LogP contribution in [-0.2, 0) is 6.54 Å². The summed E-state index contributed by atoms with van der Waals surface area (Å²) in [7, 11) is 0. The Morgan fingerprint density at radius 2 is 1.74 bits per heavy atom. The number of hydrogen-bond acceptors (Lipinski definition) is 6. The van der Waals surface area contributed by atoms with Crippen LogP contribution in [0.1, 0.15) is 104 Å². The average molecular weight is 680 g/mol. The van der Waals surface area contributed by atoms with E-state index < -0.39 is 0 Å². The number of aryl methyl sites for hydroxylation is 3. The predicted molar refractivity (Wildman–Crippen MR) is 202 cm³/mol. The Hall–Kier alpha value is -3.82. The largest absolute Gasteiger partial charge is 0.385 e. The number of piperazine rings is 1. The smallest absolute Gasteiger partial charge is 0.253 e. The lowest BCUT2D eigenvalue weighted by Crippen LogP contribution is -2.52. The van der Waals surface area contributed by atoms with Gasteiger partial charge in [0.1, 0.15) is 0 Å². The zero-order valence-electron chi connectivity index (χ0n) is 31.0. The van der Waals surface area contributed by atoms with Crippen LogP contribution in [0.5, 0.6) is 0 Å². The Bertz CT molecular complexity index is 1880. The molecule has 0 spiro atoms. The van der Waals surface area contributed by atoms with Crippen LogP contribution in [0, 0.1) is 43.9 Å². The molecule has 3 heterocycles. The number of hydrogen-bond donors (Lipinski definition) is 4. The number of nitrogens with two attached hydrogens (primary N) is 1. The number of allylic oxidation sites excluding steroid dienone is 3. The van der Waals surface area contributed by atoms with Crippen LogP contribution in [-0.4, -0.2) is 58.1 Å². The van der Waals surface area contributed by atoms with Gasteiger partial charge in [-0.25, -0.2) is 5.01 Å². The monoisotopic (exact) mass is 679 g/mol. The predicted octanol–water partition coefficient (Wildman–Crippen LogP) is 6.31. The highest BCUT2D eigenvalue weighted by atomic mass is 16.1. The van der Waals surface area contributed by atoms with Gasteiger partial charge in [0.15, 0.2) is 0 Å². The number of aromatic amines is 1. The van der Waals surface area contributed by atoms with Crippen LogP contribution in [0.15, 0.2) is 47.2 Å². The molecular formula is C41H57N7O2. The van der Waals surface area contributed by atoms with Crippen molar-refractivity contribution < 1.29 is 4.79 Å². The van der Waals surface area contributed by atoms with Crippen LogP contribution >= 0.6 is 0 Å². The highest BCUT2D eigenvalue weighted by Gasteiger charge is 2.56. The third kappa shape index (κ3) is 6.66. The number of carbonyl (C=O) groups excluding carboxylic acids is 1. The fourth-order valence-electron chi connectivity index (χ4n) is 10.2. The van der Waals surface area contributed by atoms with Gasteiger partial charge in [-0.3, -0.25) is 15.0 Å². The molecule has 2 atom stereocenters. The highest BCUT2D eigenvalue weighted by molar-refractivity contribution is 6.09. The fraction of sp³-hybridized carbons (Fsp3) is 0.561. The van der Waals surface area contributed by atoms with Gasteiger partial charge in [-0.1, -0.05) is 6.08 Å². The number of hydrazine groups is 1. The van der Waals surface area contributed by atoms with Crippen molar-refractivity contribution in [2.75, 3.05) is 32.7 Å². The SMILES string of the molecule is C/C(=C\C=C(/N)N1CCN(NCCC23CC4CC(CC2C4)C3)CC1)c1cc(C(=O)NCc2c(C)cc(C)[nH]c2=O)c2c(C)cn(C(C)C)c2c1. The molecule has 5 fully saturated rings. The van der Waals surface area contributed by atoms with Gasteiger partial charge in [0.05, 0.1) is 5.82 Å². The lowest BCUT2D eigenvalue weighted by molar-refractivity contribution is 0.0931. The fourth-order valence-corrected chi connectivity index (χ4v) is 10.2. The maximum atomic E-state index is 13.8. The molecule has 1 aromatic carbocycles. The first kappa shape index (κ1) is 34.6. The normalized spacial score (nSPS) is 25.4. The summed E-state index contributed by atoms with van der Waals surface area (Å²) in [5.41, 5.74) is 17.8. The van der Waals surface area contributed by atoms with E-state index in [9.17, 15) is 9.59 Å². The topological polar surface area (TPSA) is 111 Å². The molecule has 0 radical (unpaired) electrons. The molecule has 5 aliphatic rings. The summed E-state index contributed by atoms with van der Waals surface area (Å²) in [6, 6.07) is 6.31. The van der Waals surface area contributed by atoms with Gasteiger partial charge in [0.2, 0.25) is 0 Å². The molecule has 1 saturated heterocycles. The van der Waals surface area contributed by atoms with Crippen molar-refractivity contribution >= 4 is 22.4 Å². The third-order valence-electron chi connectivity index (χ3n) is 12.6. The van der Waals surface area contributed by atoms with Crippen molar-refractivity contribution in [3.05, 3.63) is 86.2 Å². The van der Waals surface area contributed by atoms with Crippen LogP contribution in [0.25, 0.3) is 16.5 Å². The number of carbonyl (C=O) groups is 1. The average Bonchev–Trinajstić information content (AvgIpc) is 3.63. The molecule has 2 aromatic heterocycles. The van der Waals surface area contributed by atoms with Gasteiger partial charge in [-0.2, -0.15) is 0 Å². The van der Waals surface area contributed by atoms with E-state index in [1.807, 2.05) is 32.1 Å². The first-order chi connectivity index (χ1) is 23.9. The Kier molecular flexibility index (Phi) is 9.50. The molecule has 9 nitrogen and oxygen atoms in total. The lowest BCUT2D eigenvalue weighted by Gasteiger charge is -2.38. The van der Waals surface area contributed by atoms with Gasteiger partial charge in [-0.15, -0.1) is 0 Å². The molecule has 3 aromatic rings. The molecule has 1 aliphatic heterocycles. The van der Waals surface area contributed by atoms with E-state index in [1.165, 1.54) is 38.5 Å². The molecule has 4 saturated carbocycles. The summed E-state index contributed by atoms with van der Waals surface area (Å²) in [5.74, 6) is 3.62. The van der Waals surface area contributed by atoms with Gasteiger partial charge in [0, 0.05) is 79.2 Å². The Balaban J connectivity index is 1.02. The van der Waals surface area contributed by atoms with Crippen LogP contribution < -0.4 is 22.0 Å². The summed E-state index contributed by atoms with van der Waals surface area (Å²) in [6.07, 6.45) is 15.0. The maximum Gasteiger partial charge on any atom is 0.253 e. The Labute approximate surface area is 297 Å². The molecule has 50 heavy (non-hydrogen) atoms. The number of rotatable bonds is 11. The molecule has 8 rings (SSSR count). The van der Waals surface area contributed by atoms with Gasteiger partial charge < -0.3 is 25.5 Å². The second-order valence-corrected chi connectivity index (χ2v) is 16.3. The maximum absolute atomic E-state index is 13.8. The quantitative estimate of drug-likeness (QED) is 0.177. The highest BCUT2D eigenvalue weighted by Crippen LogP contribution is 2.66. The molecular weight excluding hydrogens is 622 g/mol. The van der Waals surface area contributed by atoms with E-state index in [0.29, 0.717) is 16.5 Å². The van der Waals surface area contributed by atoms with E-state index in [1.54, 1.807) is 0 Å². The third-order valence-corrected chi connectivity index (χ3v) is 12.6. The van der Waals surface area contributed by atoms with Crippen molar-refractivity contribution in [2.24, 2.45) is 28.9 Å². The van der Waals surface area contributed by atoms with Crippen LogP contribution in [0.3, 0.4) is 0 Å². The summed E-state index contributed by atoms with van der Waals surface area (Å²) in [4.78, 5) is 31.6. The van der Waals surface area contributed by atoms with Crippen molar-refractivity contribution in [1.29, 1.82) is 0 Å². The molecule has 2 unspecified atom stereocenters. The summed E-state index contributed by atoms with van der Waals surface area (Å²) in [5, 5.41) is 6.37. The molecule has 4 aliphatic carbocycles. The minimum absolute atomic E-state index is 0.162. The van der Waals surface area contributed by atoms with E-state index >= 15 is 0 Å². The number of benzene rings is 1. The number of nitrogens with zero attached hydrogens (tertiary/aromatic N) is 3. The first-order valence-electron chi connectivity index (χ1n) is 18.9. The van der Waals surface area contributed by atoms with E-state index in [0.717, 1.165) is 95.2 Å². The van der Waals surface area contributed by atoms with Gasteiger partial charge in [0.25, 0.3) is 11.5 Å². The van der Waals surface area contributed by atoms with Crippen molar-refractivity contribution in [2.45, 2.75) is 92.7 Å². The number of H-pyrrole nitrogens is 1. The van der Waals surface area contributed by atoms with Crippen molar-refractivity contribution in [3.63, 3.8) is 0 Å². The van der Waals surface area contributed by atoms with Gasteiger partial charge in [-0.05, 0) is 150 Å². The minimum atomic E-state index is -0.197. The number of amides is 1. The minimum Gasteiger partial charge on any atom is -0.385 e. The molecule has 268 valence electrons. The van der Waals surface area contributed by atoms with E-state index in [2.05, 4.69) is 76.2 Å². The second kappa shape index (κ2) is 13.7. The lowest BCUT2D eigenvalue weighted by atomic mass is 9.73. The summed E-state index contributed by atoms with van der Waals surface area (Å²) >= 11 is 0. The Morgan fingerprint density at radius 1 is 1.02 bits per heavy atom. The zero-order valence-corrected chi connectivity index (χ0v) is 31.0. The van der Waals surface area contributed by atoms with Crippen molar-refractivity contribution in [3.8, 4) is 0 Å². The Morgan fingerprint density at radius 3 is 2.42 bits per heavy atom. The molecule has 9 heteroatoms. The number of fused-ring (bicyclic) bond motifs is 1. The van der Waals surface area contributed by atoms with Crippen LogP contribution in [0.2, 0.25) is 0 Å².